The van der Waals surface area contributed by atoms with E-state index in [0.717, 1.165) is 41.7 Å². The second kappa shape index (κ2) is 6.77. The number of thiazole rings is 1. The summed E-state index contributed by atoms with van der Waals surface area (Å²) in [6.45, 7) is 7.53. The Morgan fingerprint density at radius 1 is 1.16 bits per heavy atom. The van der Waals surface area contributed by atoms with Crippen LogP contribution in [0.4, 0.5) is 5.13 Å². The summed E-state index contributed by atoms with van der Waals surface area (Å²) in [4.78, 5) is 22.7. The smallest absolute Gasteiger partial charge is 0.227 e. The number of hydrogen-bond donors (Lipinski definition) is 0. The lowest BCUT2D eigenvalue weighted by molar-refractivity contribution is -0.130. The third kappa shape index (κ3) is 3.28. The second-order valence-corrected chi connectivity index (χ2v) is 8.52. The summed E-state index contributed by atoms with van der Waals surface area (Å²) in [6.07, 6.45) is 0.525. The van der Waals surface area contributed by atoms with E-state index in [4.69, 9.17) is 4.98 Å². The van der Waals surface area contributed by atoms with Gasteiger partial charge in [-0.15, -0.1) is 11.3 Å². The van der Waals surface area contributed by atoms with E-state index in [0.29, 0.717) is 6.42 Å². The molecule has 3 heterocycles. The Hall–Kier alpha value is -1.92. The Kier molecular flexibility index (Phi) is 4.48. The molecule has 3 aromatic rings. The van der Waals surface area contributed by atoms with Crippen molar-refractivity contribution in [2.45, 2.75) is 20.3 Å². The van der Waals surface area contributed by atoms with Crippen molar-refractivity contribution in [1.29, 1.82) is 0 Å². The Labute approximate surface area is 155 Å². The second-order valence-electron chi connectivity index (χ2n) is 6.47. The van der Waals surface area contributed by atoms with Crippen LogP contribution in [0, 0.1) is 13.8 Å². The third-order valence-electron chi connectivity index (χ3n) is 4.88. The maximum atomic E-state index is 12.4. The molecule has 25 heavy (non-hydrogen) atoms. The van der Waals surface area contributed by atoms with E-state index in [2.05, 4.69) is 30.9 Å². The number of carbonyl (C=O) groups is 1. The molecule has 130 valence electrons. The Bertz CT molecular complexity index is 893. The van der Waals surface area contributed by atoms with Gasteiger partial charge in [-0.05, 0) is 42.5 Å². The van der Waals surface area contributed by atoms with Gasteiger partial charge in [-0.1, -0.05) is 23.5 Å². The van der Waals surface area contributed by atoms with Crippen molar-refractivity contribution in [3.8, 4) is 0 Å². The first-order chi connectivity index (χ1) is 12.1. The average Bonchev–Trinajstić information content (AvgIpc) is 3.28. The molecule has 4 rings (SSSR count). The summed E-state index contributed by atoms with van der Waals surface area (Å²) in [7, 11) is 0. The van der Waals surface area contributed by atoms with Crippen LogP contribution in [0.5, 0.6) is 0 Å². The monoisotopic (exact) mass is 371 g/mol. The fourth-order valence-electron chi connectivity index (χ4n) is 3.17. The normalized spacial score (nSPS) is 15.1. The molecule has 0 bridgehead atoms. The highest BCUT2D eigenvalue weighted by molar-refractivity contribution is 7.22. The van der Waals surface area contributed by atoms with Crippen molar-refractivity contribution < 1.29 is 4.79 Å². The molecule has 6 heteroatoms. The highest BCUT2D eigenvalue weighted by atomic mass is 32.1. The lowest BCUT2D eigenvalue weighted by atomic mass is 10.1. The Morgan fingerprint density at radius 3 is 2.68 bits per heavy atom. The van der Waals surface area contributed by atoms with E-state index in [9.17, 15) is 4.79 Å². The first-order valence-corrected chi connectivity index (χ1v) is 10.2. The lowest BCUT2D eigenvalue weighted by Crippen LogP contribution is -2.49. The summed E-state index contributed by atoms with van der Waals surface area (Å²) < 4.78 is 1.24. The van der Waals surface area contributed by atoms with Crippen LogP contribution in [0.25, 0.3) is 10.2 Å². The number of aromatic nitrogens is 1. The number of carbonyl (C=O) groups excluding carboxylic acids is 1. The summed E-state index contributed by atoms with van der Waals surface area (Å²) in [5.41, 5.74) is 3.68. The van der Waals surface area contributed by atoms with Crippen molar-refractivity contribution >= 4 is 43.9 Å². The van der Waals surface area contributed by atoms with Gasteiger partial charge in [0.1, 0.15) is 0 Å². The van der Waals surface area contributed by atoms with Gasteiger partial charge in [0.2, 0.25) is 5.91 Å². The van der Waals surface area contributed by atoms with Crippen LogP contribution in [-0.4, -0.2) is 42.0 Å². The fourth-order valence-corrected chi connectivity index (χ4v) is 4.94. The SMILES string of the molecule is Cc1ccc2sc(N3CCN(C(=O)Cc4cccs4)CC3)nc2c1C. The zero-order valence-electron chi connectivity index (χ0n) is 14.5. The van der Waals surface area contributed by atoms with Gasteiger partial charge in [-0.3, -0.25) is 4.79 Å². The Balaban J connectivity index is 1.43. The summed E-state index contributed by atoms with van der Waals surface area (Å²) in [5, 5.41) is 3.10. The van der Waals surface area contributed by atoms with E-state index >= 15 is 0 Å². The molecule has 0 aliphatic carbocycles. The van der Waals surface area contributed by atoms with Crippen molar-refractivity contribution in [2.24, 2.45) is 0 Å². The number of hydrogen-bond acceptors (Lipinski definition) is 5. The molecule has 1 amide bonds. The maximum Gasteiger partial charge on any atom is 0.227 e. The first-order valence-electron chi connectivity index (χ1n) is 8.53. The molecule has 0 saturated carbocycles. The van der Waals surface area contributed by atoms with Crippen LogP contribution in [0.2, 0.25) is 0 Å². The number of aryl methyl sites for hydroxylation is 2. The number of amides is 1. The molecule has 4 nitrogen and oxygen atoms in total. The number of fused-ring (bicyclic) bond motifs is 1. The maximum absolute atomic E-state index is 12.4. The minimum atomic E-state index is 0.234. The van der Waals surface area contributed by atoms with Gasteiger partial charge in [0, 0.05) is 31.1 Å². The third-order valence-corrected chi connectivity index (χ3v) is 6.84. The van der Waals surface area contributed by atoms with Crippen LogP contribution >= 0.6 is 22.7 Å². The van der Waals surface area contributed by atoms with Gasteiger partial charge in [0.25, 0.3) is 0 Å². The van der Waals surface area contributed by atoms with Crippen molar-refractivity contribution in [3.63, 3.8) is 0 Å². The quantitative estimate of drug-likeness (QED) is 0.701. The van der Waals surface area contributed by atoms with Crippen LogP contribution < -0.4 is 4.90 Å². The van der Waals surface area contributed by atoms with Gasteiger partial charge in [-0.25, -0.2) is 4.98 Å². The minimum Gasteiger partial charge on any atom is -0.345 e. The number of nitrogens with zero attached hydrogens (tertiary/aromatic N) is 3. The molecular weight excluding hydrogens is 350 g/mol. The molecule has 0 atom stereocenters. The molecule has 0 N–H and O–H groups in total. The van der Waals surface area contributed by atoms with E-state index in [1.807, 2.05) is 22.4 Å². The molecule has 0 radical (unpaired) electrons. The molecule has 1 saturated heterocycles. The first kappa shape index (κ1) is 16.5. The largest absolute Gasteiger partial charge is 0.345 e. The number of benzene rings is 1. The molecule has 1 aromatic carbocycles. The minimum absolute atomic E-state index is 0.234. The van der Waals surface area contributed by atoms with E-state index in [1.54, 1.807) is 22.7 Å². The van der Waals surface area contributed by atoms with Gasteiger partial charge >= 0.3 is 0 Å². The lowest BCUT2D eigenvalue weighted by Gasteiger charge is -2.34. The van der Waals surface area contributed by atoms with Crippen LogP contribution in [0.15, 0.2) is 29.6 Å². The molecule has 0 spiro atoms. The van der Waals surface area contributed by atoms with Gasteiger partial charge < -0.3 is 9.80 Å². The van der Waals surface area contributed by atoms with Crippen molar-refractivity contribution in [3.05, 3.63) is 45.6 Å². The fraction of sp³-hybridized carbons (Fsp3) is 0.368. The average molecular weight is 372 g/mol. The molecule has 1 fully saturated rings. The zero-order valence-corrected chi connectivity index (χ0v) is 16.1. The van der Waals surface area contributed by atoms with Crippen LogP contribution in [0.3, 0.4) is 0 Å². The van der Waals surface area contributed by atoms with Gasteiger partial charge in [-0.2, -0.15) is 0 Å². The predicted molar refractivity (Wildman–Crippen MR) is 106 cm³/mol. The summed E-state index contributed by atoms with van der Waals surface area (Å²) in [6, 6.07) is 8.37. The number of anilines is 1. The predicted octanol–water partition coefficient (Wildman–Crippen LogP) is 3.87. The highest BCUT2D eigenvalue weighted by Gasteiger charge is 2.23. The van der Waals surface area contributed by atoms with E-state index in [-0.39, 0.29) is 5.91 Å². The molecule has 2 aromatic heterocycles. The summed E-state index contributed by atoms with van der Waals surface area (Å²) >= 11 is 3.40. The Morgan fingerprint density at radius 2 is 1.96 bits per heavy atom. The van der Waals surface area contributed by atoms with E-state index in [1.165, 1.54) is 15.8 Å². The summed E-state index contributed by atoms with van der Waals surface area (Å²) in [5.74, 6) is 0.234. The standard InChI is InChI=1S/C19H21N3OS2/c1-13-5-6-16-18(14(13)2)20-19(25-16)22-9-7-21(8-10-22)17(23)12-15-4-3-11-24-15/h3-6,11H,7-10,12H2,1-2H3. The van der Waals surface area contributed by atoms with Crippen LogP contribution in [-0.2, 0) is 11.2 Å². The molecule has 0 unspecified atom stereocenters. The zero-order chi connectivity index (χ0) is 17.4. The number of rotatable bonds is 3. The van der Waals surface area contributed by atoms with Crippen molar-refractivity contribution in [2.75, 3.05) is 31.1 Å². The highest BCUT2D eigenvalue weighted by Crippen LogP contribution is 2.32. The molecule has 1 aliphatic heterocycles. The van der Waals surface area contributed by atoms with Crippen LogP contribution in [0.1, 0.15) is 16.0 Å². The van der Waals surface area contributed by atoms with Gasteiger partial charge in [0.05, 0.1) is 16.6 Å². The number of thiophene rings is 1. The molecule has 1 aliphatic rings. The number of piperazine rings is 1. The van der Waals surface area contributed by atoms with E-state index < -0.39 is 0 Å². The van der Waals surface area contributed by atoms with Crippen molar-refractivity contribution in [1.82, 2.24) is 9.88 Å². The van der Waals surface area contributed by atoms with Gasteiger partial charge in [0.15, 0.2) is 5.13 Å². The molecular formula is C19H21N3OS2. The topological polar surface area (TPSA) is 36.4 Å².